The van der Waals surface area contributed by atoms with Gasteiger partial charge in [0.2, 0.25) is 0 Å². The third kappa shape index (κ3) is 3.53. The van der Waals surface area contributed by atoms with Gasteiger partial charge in [0.05, 0.1) is 7.11 Å². The van der Waals surface area contributed by atoms with Gasteiger partial charge in [0.15, 0.2) is 0 Å². The molecular weight excluding hydrogens is 220 g/mol. The summed E-state index contributed by atoms with van der Waals surface area (Å²) in [5.41, 5.74) is 2.63. The van der Waals surface area contributed by atoms with Crippen molar-refractivity contribution in [3.05, 3.63) is 29.3 Å². The molecule has 0 heterocycles. The molecule has 1 heteroatoms. The second-order valence-electron chi connectivity index (χ2n) is 4.68. The highest BCUT2D eigenvalue weighted by molar-refractivity contribution is 5.40. The monoisotopic (exact) mass is 244 g/mol. The topological polar surface area (TPSA) is 9.23 Å². The van der Waals surface area contributed by atoms with Gasteiger partial charge in [-0.25, -0.2) is 0 Å². The van der Waals surface area contributed by atoms with Gasteiger partial charge in [0.25, 0.3) is 0 Å². The standard InChI is InChI=1S/C17H24O/c1-6-8-9-13(3)14(4)16-12-15(7-2)10-11-17(16)18-5/h10-14H,6-7H2,1-5H3. The maximum Gasteiger partial charge on any atom is 0.122 e. The molecule has 18 heavy (non-hydrogen) atoms. The van der Waals surface area contributed by atoms with E-state index in [0.29, 0.717) is 11.8 Å². The van der Waals surface area contributed by atoms with E-state index in [0.717, 1.165) is 18.6 Å². The van der Waals surface area contributed by atoms with E-state index in [4.69, 9.17) is 4.74 Å². The average Bonchev–Trinajstić information content (AvgIpc) is 2.43. The Hall–Kier alpha value is -1.42. The Morgan fingerprint density at radius 1 is 1.22 bits per heavy atom. The van der Waals surface area contributed by atoms with Crippen LogP contribution >= 0.6 is 0 Å². The van der Waals surface area contributed by atoms with Crippen LogP contribution < -0.4 is 4.74 Å². The summed E-state index contributed by atoms with van der Waals surface area (Å²) < 4.78 is 5.47. The van der Waals surface area contributed by atoms with E-state index in [1.165, 1.54) is 11.1 Å². The highest BCUT2D eigenvalue weighted by Gasteiger charge is 2.17. The average molecular weight is 244 g/mol. The van der Waals surface area contributed by atoms with Crippen molar-refractivity contribution in [2.45, 2.75) is 46.5 Å². The van der Waals surface area contributed by atoms with E-state index in [9.17, 15) is 0 Å². The van der Waals surface area contributed by atoms with E-state index in [2.05, 4.69) is 57.7 Å². The highest BCUT2D eigenvalue weighted by Crippen LogP contribution is 2.32. The predicted molar refractivity (Wildman–Crippen MR) is 78.0 cm³/mol. The van der Waals surface area contributed by atoms with Gasteiger partial charge < -0.3 is 4.74 Å². The second kappa shape index (κ2) is 7.11. The van der Waals surface area contributed by atoms with E-state index in [1.54, 1.807) is 7.11 Å². The molecule has 2 atom stereocenters. The fraction of sp³-hybridized carbons (Fsp3) is 0.529. The Morgan fingerprint density at radius 3 is 2.50 bits per heavy atom. The van der Waals surface area contributed by atoms with Crippen LogP contribution in [0, 0.1) is 17.8 Å². The summed E-state index contributed by atoms with van der Waals surface area (Å²) in [4.78, 5) is 0. The van der Waals surface area contributed by atoms with Gasteiger partial charge in [-0.3, -0.25) is 0 Å². The van der Waals surface area contributed by atoms with Crippen LogP contribution in [0.25, 0.3) is 0 Å². The first-order chi connectivity index (χ1) is 8.63. The maximum absolute atomic E-state index is 5.47. The molecule has 0 aliphatic rings. The van der Waals surface area contributed by atoms with Gasteiger partial charge in [-0.15, -0.1) is 5.92 Å². The van der Waals surface area contributed by atoms with Crippen molar-refractivity contribution in [3.8, 4) is 17.6 Å². The van der Waals surface area contributed by atoms with Crippen LogP contribution in [0.2, 0.25) is 0 Å². The molecule has 0 spiro atoms. The van der Waals surface area contributed by atoms with Crippen molar-refractivity contribution < 1.29 is 4.74 Å². The van der Waals surface area contributed by atoms with Gasteiger partial charge in [-0.1, -0.05) is 45.7 Å². The van der Waals surface area contributed by atoms with Crippen LogP contribution in [-0.2, 0) is 6.42 Å². The van der Waals surface area contributed by atoms with Crippen LogP contribution in [-0.4, -0.2) is 7.11 Å². The molecule has 0 amide bonds. The Kier molecular flexibility index (Phi) is 5.78. The molecule has 1 aromatic rings. The zero-order valence-electron chi connectivity index (χ0n) is 12.2. The molecule has 0 fully saturated rings. The van der Waals surface area contributed by atoms with Crippen LogP contribution in [0.15, 0.2) is 18.2 Å². The lowest BCUT2D eigenvalue weighted by Gasteiger charge is -2.19. The Morgan fingerprint density at radius 2 is 1.94 bits per heavy atom. The molecule has 2 unspecified atom stereocenters. The van der Waals surface area contributed by atoms with Crippen LogP contribution in [0.3, 0.4) is 0 Å². The molecule has 0 saturated carbocycles. The van der Waals surface area contributed by atoms with E-state index >= 15 is 0 Å². The zero-order valence-corrected chi connectivity index (χ0v) is 12.2. The highest BCUT2D eigenvalue weighted by atomic mass is 16.5. The normalized spacial score (nSPS) is 13.4. The first-order valence-corrected chi connectivity index (χ1v) is 6.79. The first kappa shape index (κ1) is 14.6. The first-order valence-electron chi connectivity index (χ1n) is 6.79. The number of rotatable bonds is 4. The fourth-order valence-electron chi connectivity index (χ4n) is 2.02. The minimum Gasteiger partial charge on any atom is -0.496 e. The molecule has 1 nitrogen and oxygen atoms in total. The molecule has 1 rings (SSSR count). The molecule has 0 aliphatic heterocycles. The molecular formula is C17H24O. The van der Waals surface area contributed by atoms with Gasteiger partial charge >= 0.3 is 0 Å². The lowest BCUT2D eigenvalue weighted by molar-refractivity contribution is 0.402. The van der Waals surface area contributed by atoms with Crippen molar-refractivity contribution in [2.75, 3.05) is 7.11 Å². The van der Waals surface area contributed by atoms with Crippen LogP contribution in [0.1, 0.15) is 51.2 Å². The zero-order chi connectivity index (χ0) is 13.5. The van der Waals surface area contributed by atoms with Gasteiger partial charge in [-0.05, 0) is 29.5 Å². The third-order valence-corrected chi connectivity index (χ3v) is 3.45. The number of benzene rings is 1. The summed E-state index contributed by atoms with van der Waals surface area (Å²) in [5, 5.41) is 0. The number of aryl methyl sites for hydroxylation is 1. The van der Waals surface area contributed by atoms with Crippen molar-refractivity contribution in [3.63, 3.8) is 0 Å². The summed E-state index contributed by atoms with van der Waals surface area (Å²) in [6, 6.07) is 6.47. The van der Waals surface area contributed by atoms with Crippen LogP contribution in [0.5, 0.6) is 5.75 Å². The molecule has 0 bridgehead atoms. The van der Waals surface area contributed by atoms with E-state index < -0.39 is 0 Å². The summed E-state index contributed by atoms with van der Waals surface area (Å²) >= 11 is 0. The lowest BCUT2D eigenvalue weighted by atomic mass is 9.87. The molecule has 0 saturated heterocycles. The van der Waals surface area contributed by atoms with Crippen molar-refractivity contribution in [1.29, 1.82) is 0 Å². The van der Waals surface area contributed by atoms with Gasteiger partial charge in [0, 0.05) is 12.3 Å². The predicted octanol–water partition coefficient (Wildman–Crippen LogP) is 4.41. The number of hydrogen-bond acceptors (Lipinski definition) is 1. The van der Waals surface area contributed by atoms with Crippen LogP contribution in [0.4, 0.5) is 0 Å². The second-order valence-corrected chi connectivity index (χ2v) is 4.68. The minimum absolute atomic E-state index is 0.353. The summed E-state index contributed by atoms with van der Waals surface area (Å²) in [6.45, 7) is 8.68. The molecule has 0 aliphatic carbocycles. The number of ether oxygens (including phenoxy) is 1. The van der Waals surface area contributed by atoms with Crippen molar-refractivity contribution in [2.24, 2.45) is 5.92 Å². The van der Waals surface area contributed by atoms with E-state index in [1.807, 2.05) is 0 Å². The Labute approximate surface area is 112 Å². The fourth-order valence-corrected chi connectivity index (χ4v) is 2.02. The molecule has 1 aromatic carbocycles. The van der Waals surface area contributed by atoms with Crippen molar-refractivity contribution in [1.82, 2.24) is 0 Å². The number of hydrogen-bond donors (Lipinski definition) is 0. The van der Waals surface area contributed by atoms with Crippen molar-refractivity contribution >= 4 is 0 Å². The molecule has 0 N–H and O–H groups in total. The molecule has 0 aromatic heterocycles. The lowest BCUT2D eigenvalue weighted by Crippen LogP contribution is -2.06. The minimum atomic E-state index is 0.353. The number of methoxy groups -OCH3 is 1. The van der Waals surface area contributed by atoms with Gasteiger partial charge in [0.1, 0.15) is 5.75 Å². The van der Waals surface area contributed by atoms with E-state index in [-0.39, 0.29) is 0 Å². The summed E-state index contributed by atoms with van der Waals surface area (Å²) in [7, 11) is 1.74. The molecule has 98 valence electrons. The smallest absolute Gasteiger partial charge is 0.122 e. The van der Waals surface area contributed by atoms with Gasteiger partial charge in [-0.2, -0.15) is 0 Å². The molecule has 0 radical (unpaired) electrons. The Bertz CT molecular complexity index is 437. The summed E-state index contributed by atoms with van der Waals surface area (Å²) in [5.74, 6) is 8.21. The largest absolute Gasteiger partial charge is 0.496 e. The quantitative estimate of drug-likeness (QED) is 0.713. The maximum atomic E-state index is 5.47. The third-order valence-electron chi connectivity index (χ3n) is 3.45. The SMILES string of the molecule is CCC#CC(C)C(C)c1cc(CC)ccc1OC. The Balaban J connectivity index is 3.05. The summed E-state index contributed by atoms with van der Waals surface area (Å²) in [6.07, 6.45) is 1.97.